The van der Waals surface area contributed by atoms with Gasteiger partial charge in [0.25, 0.3) is 0 Å². The SMILES string of the molecule is COC(=O)C(Br)COc1ccc(Cl)c2cccnc12. The van der Waals surface area contributed by atoms with Crippen molar-refractivity contribution < 1.29 is 14.3 Å². The van der Waals surface area contributed by atoms with E-state index in [9.17, 15) is 4.79 Å². The summed E-state index contributed by atoms with van der Waals surface area (Å²) in [6, 6.07) is 7.14. The zero-order chi connectivity index (χ0) is 13.8. The van der Waals surface area contributed by atoms with Crippen molar-refractivity contribution in [3.63, 3.8) is 0 Å². The lowest BCUT2D eigenvalue weighted by Crippen LogP contribution is -2.23. The smallest absolute Gasteiger partial charge is 0.322 e. The van der Waals surface area contributed by atoms with Crippen LogP contribution in [0, 0.1) is 0 Å². The van der Waals surface area contributed by atoms with E-state index in [0.29, 0.717) is 16.3 Å². The number of carbonyl (C=O) groups is 1. The molecule has 0 N–H and O–H groups in total. The molecule has 0 saturated carbocycles. The molecule has 1 aromatic heterocycles. The Morgan fingerprint density at radius 2 is 2.26 bits per heavy atom. The first-order valence-electron chi connectivity index (χ1n) is 5.51. The van der Waals surface area contributed by atoms with Crippen LogP contribution in [-0.4, -0.2) is 29.5 Å². The van der Waals surface area contributed by atoms with Crippen molar-refractivity contribution in [1.29, 1.82) is 0 Å². The third kappa shape index (κ3) is 3.16. The molecule has 0 fully saturated rings. The molecule has 100 valence electrons. The fraction of sp³-hybridized carbons (Fsp3) is 0.231. The molecule has 19 heavy (non-hydrogen) atoms. The maximum Gasteiger partial charge on any atom is 0.322 e. The van der Waals surface area contributed by atoms with E-state index < -0.39 is 4.83 Å². The van der Waals surface area contributed by atoms with Gasteiger partial charge in [-0.25, -0.2) is 0 Å². The first-order valence-corrected chi connectivity index (χ1v) is 6.80. The zero-order valence-corrected chi connectivity index (χ0v) is 12.4. The molecule has 1 heterocycles. The lowest BCUT2D eigenvalue weighted by molar-refractivity contribution is -0.140. The van der Waals surface area contributed by atoms with Gasteiger partial charge < -0.3 is 9.47 Å². The molecule has 2 rings (SSSR count). The van der Waals surface area contributed by atoms with Crippen molar-refractivity contribution >= 4 is 44.4 Å². The fourth-order valence-corrected chi connectivity index (χ4v) is 2.12. The molecule has 2 aromatic rings. The van der Waals surface area contributed by atoms with Crippen molar-refractivity contribution in [3.8, 4) is 5.75 Å². The second-order valence-corrected chi connectivity index (χ2v) is 5.26. The Bertz CT molecular complexity index is 605. The summed E-state index contributed by atoms with van der Waals surface area (Å²) in [6.45, 7) is 0.153. The molecule has 1 atom stereocenters. The summed E-state index contributed by atoms with van der Waals surface area (Å²) in [7, 11) is 1.33. The second-order valence-electron chi connectivity index (χ2n) is 3.75. The van der Waals surface area contributed by atoms with Gasteiger partial charge in [0.15, 0.2) is 0 Å². The van der Waals surface area contributed by atoms with Crippen molar-refractivity contribution in [2.24, 2.45) is 0 Å². The molecule has 4 nitrogen and oxygen atoms in total. The predicted molar refractivity (Wildman–Crippen MR) is 77.0 cm³/mol. The number of benzene rings is 1. The summed E-state index contributed by atoms with van der Waals surface area (Å²) >= 11 is 9.28. The Labute approximate surface area is 123 Å². The van der Waals surface area contributed by atoms with Crippen LogP contribution in [0.4, 0.5) is 0 Å². The number of fused-ring (bicyclic) bond motifs is 1. The molecule has 0 amide bonds. The van der Waals surface area contributed by atoms with Crippen LogP contribution in [0.2, 0.25) is 5.02 Å². The molecule has 0 saturated heterocycles. The second kappa shape index (κ2) is 6.21. The Morgan fingerprint density at radius 3 is 3.00 bits per heavy atom. The molecular formula is C13H11BrClNO3. The van der Waals surface area contributed by atoms with Crippen LogP contribution in [0.15, 0.2) is 30.5 Å². The van der Waals surface area contributed by atoms with E-state index in [1.54, 1.807) is 24.4 Å². The maximum atomic E-state index is 11.3. The van der Waals surface area contributed by atoms with Crippen LogP contribution in [0.1, 0.15) is 0 Å². The lowest BCUT2D eigenvalue weighted by Gasteiger charge is -2.12. The van der Waals surface area contributed by atoms with E-state index in [2.05, 4.69) is 25.7 Å². The van der Waals surface area contributed by atoms with Gasteiger partial charge in [-0.2, -0.15) is 0 Å². The van der Waals surface area contributed by atoms with Crippen LogP contribution >= 0.6 is 27.5 Å². The Morgan fingerprint density at radius 1 is 1.47 bits per heavy atom. The van der Waals surface area contributed by atoms with E-state index in [1.807, 2.05) is 6.07 Å². The molecule has 1 aromatic carbocycles. The summed E-state index contributed by atoms with van der Waals surface area (Å²) in [5, 5.41) is 1.42. The number of halogens is 2. The molecular weight excluding hydrogens is 334 g/mol. The number of alkyl halides is 1. The van der Waals surface area contributed by atoms with Crippen LogP contribution in [-0.2, 0) is 9.53 Å². The Hall–Kier alpha value is -1.33. The monoisotopic (exact) mass is 343 g/mol. The predicted octanol–water partition coefficient (Wildman–Crippen LogP) is 3.20. The topological polar surface area (TPSA) is 48.4 Å². The highest BCUT2D eigenvalue weighted by molar-refractivity contribution is 9.10. The number of esters is 1. The number of rotatable bonds is 4. The van der Waals surface area contributed by atoms with Gasteiger partial charge in [0, 0.05) is 11.6 Å². The third-order valence-electron chi connectivity index (χ3n) is 2.52. The van der Waals surface area contributed by atoms with E-state index in [-0.39, 0.29) is 12.6 Å². The first kappa shape index (κ1) is 14.1. The molecule has 1 unspecified atom stereocenters. The van der Waals surface area contributed by atoms with Gasteiger partial charge >= 0.3 is 5.97 Å². The average molecular weight is 345 g/mol. The molecule has 0 bridgehead atoms. The average Bonchev–Trinajstić information content (AvgIpc) is 2.45. The quantitative estimate of drug-likeness (QED) is 0.631. The van der Waals surface area contributed by atoms with Gasteiger partial charge in [0.05, 0.1) is 12.1 Å². The van der Waals surface area contributed by atoms with E-state index in [4.69, 9.17) is 16.3 Å². The number of hydrogen-bond donors (Lipinski definition) is 0. The number of pyridine rings is 1. The van der Waals surface area contributed by atoms with Crippen molar-refractivity contribution in [2.75, 3.05) is 13.7 Å². The number of methoxy groups -OCH3 is 1. The summed E-state index contributed by atoms with van der Waals surface area (Å²) in [5.74, 6) is 0.194. The highest BCUT2D eigenvalue weighted by Gasteiger charge is 2.17. The number of aromatic nitrogens is 1. The largest absolute Gasteiger partial charge is 0.490 e. The normalized spacial score (nSPS) is 12.2. The molecule has 0 spiro atoms. The minimum Gasteiger partial charge on any atom is -0.490 e. The van der Waals surface area contributed by atoms with Gasteiger partial charge in [-0.05, 0) is 24.3 Å². The van der Waals surface area contributed by atoms with E-state index in [0.717, 1.165) is 5.39 Å². The minimum atomic E-state index is -0.521. The van der Waals surface area contributed by atoms with Crippen LogP contribution in [0.25, 0.3) is 10.9 Å². The number of hydrogen-bond acceptors (Lipinski definition) is 4. The Balaban J connectivity index is 2.22. The first-order chi connectivity index (χ1) is 9.13. The highest BCUT2D eigenvalue weighted by Crippen LogP contribution is 2.29. The van der Waals surface area contributed by atoms with Gasteiger partial charge in [-0.1, -0.05) is 27.5 Å². The van der Waals surface area contributed by atoms with E-state index >= 15 is 0 Å². The standard InChI is InChI=1S/C13H11BrClNO3/c1-18-13(17)9(14)7-19-11-5-4-10(15)8-3-2-6-16-12(8)11/h2-6,9H,7H2,1H3. The summed E-state index contributed by atoms with van der Waals surface area (Å²) in [4.78, 5) is 15.0. The highest BCUT2D eigenvalue weighted by atomic mass is 79.9. The van der Waals surface area contributed by atoms with Crippen LogP contribution in [0.5, 0.6) is 5.75 Å². The molecule has 0 radical (unpaired) electrons. The maximum absolute atomic E-state index is 11.3. The summed E-state index contributed by atoms with van der Waals surface area (Å²) in [6.07, 6.45) is 1.66. The molecule has 6 heteroatoms. The zero-order valence-electron chi connectivity index (χ0n) is 10.1. The van der Waals surface area contributed by atoms with Crippen LogP contribution in [0.3, 0.4) is 0 Å². The number of ether oxygens (including phenoxy) is 2. The Kier molecular flexibility index (Phi) is 4.61. The number of carbonyl (C=O) groups excluding carboxylic acids is 1. The number of nitrogens with zero attached hydrogens (tertiary/aromatic N) is 1. The van der Waals surface area contributed by atoms with Gasteiger partial charge in [-0.3, -0.25) is 9.78 Å². The van der Waals surface area contributed by atoms with Crippen molar-refractivity contribution in [1.82, 2.24) is 4.98 Å². The molecule has 0 aliphatic carbocycles. The molecule has 0 aliphatic heterocycles. The minimum absolute atomic E-state index is 0.153. The van der Waals surface area contributed by atoms with Gasteiger partial charge in [0.1, 0.15) is 22.7 Å². The summed E-state index contributed by atoms with van der Waals surface area (Å²) in [5.41, 5.74) is 0.666. The van der Waals surface area contributed by atoms with E-state index in [1.165, 1.54) is 7.11 Å². The van der Waals surface area contributed by atoms with Crippen molar-refractivity contribution in [3.05, 3.63) is 35.5 Å². The van der Waals surface area contributed by atoms with Gasteiger partial charge in [-0.15, -0.1) is 0 Å². The third-order valence-corrected chi connectivity index (χ3v) is 3.49. The van der Waals surface area contributed by atoms with Crippen molar-refractivity contribution in [2.45, 2.75) is 4.83 Å². The molecule has 0 aliphatic rings. The van der Waals surface area contributed by atoms with Crippen LogP contribution < -0.4 is 4.74 Å². The summed E-state index contributed by atoms with van der Waals surface area (Å²) < 4.78 is 10.2. The fourth-order valence-electron chi connectivity index (χ4n) is 1.59. The van der Waals surface area contributed by atoms with Gasteiger partial charge in [0.2, 0.25) is 0 Å². The lowest BCUT2D eigenvalue weighted by atomic mass is 10.2.